The van der Waals surface area contributed by atoms with Crippen molar-refractivity contribution in [3.8, 4) is 0 Å². The zero-order valence-corrected chi connectivity index (χ0v) is 35.8. The van der Waals surface area contributed by atoms with Crippen LogP contribution in [-0.2, 0) is 38.1 Å². The van der Waals surface area contributed by atoms with Gasteiger partial charge in [-0.1, -0.05) is 77.5 Å². The van der Waals surface area contributed by atoms with E-state index in [9.17, 15) is 29.7 Å². The van der Waals surface area contributed by atoms with Gasteiger partial charge in [0.15, 0.2) is 0 Å². The van der Waals surface area contributed by atoms with E-state index in [2.05, 4.69) is 6.08 Å². The number of carbonyl (C=O) groups excluding carboxylic acids is 3. The maximum atomic E-state index is 13.4. The largest absolute Gasteiger partial charge is 0.458 e. The van der Waals surface area contributed by atoms with Crippen LogP contribution in [0.5, 0.6) is 0 Å². The van der Waals surface area contributed by atoms with Gasteiger partial charge in [0.05, 0.1) is 48.8 Å². The number of allylic oxidation sites excluding steroid dienone is 2. The number of ketones is 1. The first-order chi connectivity index (χ1) is 26.5. The van der Waals surface area contributed by atoms with Gasteiger partial charge >= 0.3 is 5.97 Å². The van der Waals surface area contributed by atoms with E-state index in [0.717, 1.165) is 12.0 Å². The van der Waals surface area contributed by atoms with E-state index in [1.807, 2.05) is 59.8 Å². The van der Waals surface area contributed by atoms with E-state index in [1.54, 1.807) is 47.6 Å². The van der Waals surface area contributed by atoms with Crippen molar-refractivity contribution >= 4 is 18.2 Å². The van der Waals surface area contributed by atoms with Crippen LogP contribution in [0.1, 0.15) is 93.4 Å². The molecule has 2 bridgehead atoms. The summed E-state index contributed by atoms with van der Waals surface area (Å²) in [6.45, 7) is 13.1. The zero-order chi connectivity index (χ0) is 42.1. The van der Waals surface area contributed by atoms with Crippen LogP contribution in [-0.4, -0.2) is 122 Å². The fraction of sp³-hybridized carbons (Fsp3) is 0.750. The van der Waals surface area contributed by atoms with Crippen molar-refractivity contribution in [2.45, 2.75) is 148 Å². The molecule has 2 rings (SSSR count). The summed E-state index contributed by atoms with van der Waals surface area (Å²) in [6.07, 6.45) is 11.2. The Labute approximate surface area is 336 Å². The second-order valence-corrected chi connectivity index (χ2v) is 16.4. The van der Waals surface area contributed by atoms with E-state index in [1.165, 1.54) is 11.0 Å². The molecule has 0 saturated carbocycles. The normalized spacial score (nSPS) is 33.5. The van der Waals surface area contributed by atoms with Crippen molar-refractivity contribution in [1.82, 2.24) is 4.90 Å². The van der Waals surface area contributed by atoms with Crippen molar-refractivity contribution in [3.05, 3.63) is 48.2 Å². The number of esters is 1. The predicted octanol–water partition coefficient (Wildman–Crippen LogP) is 5.58. The average molecular weight is 792 g/mol. The number of cyclic esters (lactones) is 1. The smallest absolute Gasteiger partial charge is 0.331 e. The van der Waals surface area contributed by atoms with E-state index in [0.29, 0.717) is 32.1 Å². The van der Waals surface area contributed by atoms with Crippen molar-refractivity contribution in [3.63, 3.8) is 0 Å². The van der Waals surface area contributed by atoms with Crippen LogP contribution < -0.4 is 0 Å². The second-order valence-electron chi connectivity index (χ2n) is 16.4. The molecule has 2 heterocycles. The van der Waals surface area contributed by atoms with Crippen LogP contribution in [0.25, 0.3) is 0 Å². The Morgan fingerprint density at radius 3 is 2.29 bits per heavy atom. The molecule has 0 saturated heterocycles. The van der Waals surface area contributed by atoms with Crippen LogP contribution in [0.2, 0.25) is 0 Å². The summed E-state index contributed by atoms with van der Waals surface area (Å²) in [5.74, 6) is -2.88. The van der Waals surface area contributed by atoms with Crippen molar-refractivity contribution in [1.29, 1.82) is 0 Å². The summed E-state index contributed by atoms with van der Waals surface area (Å²) in [4.78, 5) is 39.1. The van der Waals surface area contributed by atoms with Crippen molar-refractivity contribution < 1.29 is 53.4 Å². The molecule has 1 amide bonds. The van der Waals surface area contributed by atoms with Gasteiger partial charge in [0.1, 0.15) is 11.9 Å². The summed E-state index contributed by atoms with van der Waals surface area (Å²) >= 11 is 0. The van der Waals surface area contributed by atoms with Gasteiger partial charge in [-0.15, -0.1) is 0 Å². The van der Waals surface area contributed by atoms with Crippen molar-refractivity contribution in [2.75, 3.05) is 28.4 Å². The molecular weight excluding hydrogens is 718 g/mol. The standard InChI is InChI=1S/C44H73NO11/c1-27-15-18-34(47)23-35-13-12-14-36(55-35)24-39(52-9)32(6)40(53-10)25-38(49)31(5)44(56-41(50)20-16-27)33(7)42(51)28(2)17-19-37(48)30(4)43(54-11)29(3)21-22-45(8)26-46/h12-13,15-16,20-22,26,28-36,38-40,42-44,47,49,51H,14,17-19,23-25H2,1-11H3/b20-16+,22-21+,27-15+/t28-,29+,30-,31-,32-,33-,34-,35-,36-,38+,39-,40-,42-,43+,44+/m0/s1. The summed E-state index contributed by atoms with van der Waals surface area (Å²) < 4.78 is 30.0. The molecule has 0 aliphatic carbocycles. The number of nitrogens with zero attached hydrogens (tertiary/aromatic N) is 1. The monoisotopic (exact) mass is 792 g/mol. The van der Waals surface area contributed by atoms with E-state index >= 15 is 0 Å². The van der Waals surface area contributed by atoms with Gasteiger partial charge in [0.25, 0.3) is 0 Å². The summed E-state index contributed by atoms with van der Waals surface area (Å²) in [6, 6.07) is 0. The van der Waals surface area contributed by atoms with Crippen LogP contribution in [0.15, 0.2) is 48.2 Å². The minimum Gasteiger partial charge on any atom is -0.458 e. The minimum atomic E-state index is -0.967. The first-order valence-electron chi connectivity index (χ1n) is 20.4. The molecule has 0 spiro atoms. The number of Topliss-reactive ketones (excluding diaryl/α,β-unsaturated/α-hetero) is 1. The van der Waals surface area contributed by atoms with Crippen LogP contribution in [0.4, 0.5) is 0 Å². The Hall–Kier alpha value is -2.71. The molecule has 15 atom stereocenters. The van der Waals surface area contributed by atoms with Gasteiger partial charge in [-0.05, 0) is 32.1 Å². The lowest BCUT2D eigenvalue weighted by molar-refractivity contribution is -0.157. The second kappa shape index (κ2) is 24.9. The first-order valence-corrected chi connectivity index (χ1v) is 20.4. The van der Waals surface area contributed by atoms with E-state index in [4.69, 9.17) is 23.7 Å². The molecule has 12 heteroatoms. The lowest BCUT2D eigenvalue weighted by Crippen LogP contribution is -2.46. The number of aliphatic hydroxyl groups excluding tert-OH is 3. The Bertz CT molecular complexity index is 1320. The van der Waals surface area contributed by atoms with Gasteiger partial charge < -0.3 is 43.9 Å². The highest BCUT2D eigenvalue weighted by atomic mass is 16.5. The molecule has 56 heavy (non-hydrogen) atoms. The maximum Gasteiger partial charge on any atom is 0.331 e. The lowest BCUT2D eigenvalue weighted by atomic mass is 9.78. The third kappa shape index (κ3) is 15.6. The molecule has 320 valence electrons. The van der Waals surface area contributed by atoms with Crippen LogP contribution >= 0.6 is 0 Å². The number of hydrogen-bond acceptors (Lipinski definition) is 11. The molecule has 0 aromatic carbocycles. The van der Waals surface area contributed by atoms with E-state index < -0.39 is 60.3 Å². The summed E-state index contributed by atoms with van der Waals surface area (Å²) in [5.41, 5.74) is 0.771. The Morgan fingerprint density at radius 2 is 1.66 bits per heavy atom. The highest BCUT2D eigenvalue weighted by Gasteiger charge is 2.40. The number of rotatable bonds is 15. The number of methoxy groups -OCH3 is 3. The average Bonchev–Trinajstić information content (AvgIpc) is 3.18. The molecule has 0 aromatic rings. The first kappa shape index (κ1) is 49.4. The van der Waals surface area contributed by atoms with Crippen LogP contribution in [0.3, 0.4) is 0 Å². The highest BCUT2D eigenvalue weighted by molar-refractivity contribution is 5.82. The van der Waals surface area contributed by atoms with E-state index in [-0.39, 0.29) is 54.7 Å². The minimum absolute atomic E-state index is 0.00759. The third-order valence-corrected chi connectivity index (χ3v) is 12.0. The molecule has 2 aliphatic rings. The predicted molar refractivity (Wildman–Crippen MR) is 216 cm³/mol. The molecule has 0 radical (unpaired) electrons. The van der Waals surface area contributed by atoms with Gasteiger partial charge in [-0.25, -0.2) is 4.79 Å². The molecule has 0 unspecified atom stereocenters. The Balaban J connectivity index is 2.31. The zero-order valence-electron chi connectivity index (χ0n) is 35.8. The highest BCUT2D eigenvalue weighted by Crippen LogP contribution is 2.33. The number of aliphatic hydroxyl groups is 3. The van der Waals surface area contributed by atoms with Crippen molar-refractivity contribution in [2.24, 2.45) is 35.5 Å². The van der Waals surface area contributed by atoms with Gasteiger partial charge in [0, 0.05) is 95.9 Å². The third-order valence-electron chi connectivity index (χ3n) is 12.0. The SMILES string of the molecule is CO[C@H]([C@H](C)/C=C/N(C)C=O)[C@@H](C)C(=O)CC[C@H](C)[C@H](O)[C@H](C)[C@@H]1OC(=O)/C=C/C(C)=C/C[C@H](O)C[C@@H]2C=CC[C@@H](C[C@H](OC)[C@H](C)[C@@H](OC)C[C@@H](O)[C@@H]1C)O2. The lowest BCUT2D eigenvalue weighted by Gasteiger charge is -2.38. The maximum absolute atomic E-state index is 13.4. The van der Waals surface area contributed by atoms with Gasteiger partial charge in [-0.3, -0.25) is 9.59 Å². The number of amides is 1. The Kier molecular flexibility index (Phi) is 22.0. The number of carbonyl (C=O) groups is 3. The number of hydrogen-bond donors (Lipinski definition) is 3. The number of fused-ring (bicyclic) bond motifs is 2. The Morgan fingerprint density at radius 1 is 1.00 bits per heavy atom. The van der Waals surface area contributed by atoms with Gasteiger partial charge in [-0.2, -0.15) is 0 Å². The number of ether oxygens (including phenoxy) is 5. The summed E-state index contributed by atoms with van der Waals surface area (Å²) in [5, 5.41) is 34.2. The fourth-order valence-electron chi connectivity index (χ4n) is 8.01. The molecule has 12 nitrogen and oxygen atoms in total. The molecular formula is C44H73NO11. The molecule has 3 N–H and O–H groups in total. The molecule has 0 aromatic heterocycles. The topological polar surface area (TPSA) is 161 Å². The molecule has 0 fully saturated rings. The van der Waals surface area contributed by atoms with Gasteiger partial charge in [0.2, 0.25) is 6.41 Å². The quantitative estimate of drug-likeness (QED) is 0.108. The molecule has 2 aliphatic heterocycles. The fourth-order valence-corrected chi connectivity index (χ4v) is 8.01. The summed E-state index contributed by atoms with van der Waals surface area (Å²) in [7, 11) is 6.46. The van der Waals surface area contributed by atoms with Crippen LogP contribution in [0, 0.1) is 35.5 Å².